The molecule has 0 radical (unpaired) electrons. The van der Waals surface area contributed by atoms with Gasteiger partial charge in [0.05, 0.1) is 0 Å². The Morgan fingerprint density at radius 1 is 1.67 bits per heavy atom. The molecule has 0 saturated carbocycles. The van der Waals surface area contributed by atoms with Gasteiger partial charge >= 0.3 is 0 Å². The highest BCUT2D eigenvalue weighted by Crippen LogP contribution is 2.20. The third-order valence-electron chi connectivity index (χ3n) is 1.52. The van der Waals surface area contributed by atoms with Crippen LogP contribution in [0.3, 0.4) is 0 Å². The fourth-order valence-corrected chi connectivity index (χ4v) is 1.37. The Morgan fingerprint density at radius 3 is 2.83 bits per heavy atom. The van der Waals surface area contributed by atoms with E-state index in [4.69, 9.17) is 0 Å². The zero-order valence-electron chi connectivity index (χ0n) is 6.94. The van der Waals surface area contributed by atoms with E-state index < -0.39 is 0 Å². The minimum absolute atomic E-state index is 0.278. The normalized spacial score (nSPS) is 11.8. The summed E-state index contributed by atoms with van der Waals surface area (Å²) in [5, 5.41) is 0. The highest BCUT2D eigenvalue weighted by Gasteiger charge is 2.04. The molecule has 0 atom stereocenters. The molecule has 0 spiro atoms. The first-order valence-corrected chi connectivity index (χ1v) is 4.38. The maximum Gasteiger partial charge on any atom is 0.144 e. The molecule has 0 aliphatic carbocycles. The van der Waals surface area contributed by atoms with Gasteiger partial charge < -0.3 is 0 Å². The summed E-state index contributed by atoms with van der Waals surface area (Å²) in [7, 11) is 0. The first-order chi connectivity index (χ1) is 5.65. The second-order valence-electron chi connectivity index (χ2n) is 2.46. The number of hydrogen-bond donors (Lipinski definition) is 0. The van der Waals surface area contributed by atoms with Crippen LogP contribution in [0, 0.1) is 6.92 Å². The Balaban J connectivity index is 3.18. The molecular weight excluding hydrogens is 221 g/mol. The van der Waals surface area contributed by atoms with Gasteiger partial charge in [-0.1, -0.05) is 0 Å². The maximum atomic E-state index is 13.0. The predicted molar refractivity (Wildman–Crippen MR) is 51.4 cm³/mol. The number of aryl methyl sites for hydroxylation is 1. The van der Waals surface area contributed by atoms with E-state index in [1.54, 1.807) is 13.1 Å². The highest BCUT2D eigenvalue weighted by atomic mass is 79.9. The van der Waals surface area contributed by atoms with Crippen LogP contribution in [0.25, 0.3) is 5.83 Å². The summed E-state index contributed by atoms with van der Waals surface area (Å²) < 4.78 is 13.9. The molecule has 3 heteroatoms. The fourth-order valence-electron chi connectivity index (χ4n) is 0.927. The SMILES string of the molecule is C/C=C(/F)c1ncc(Br)cc1C. The summed E-state index contributed by atoms with van der Waals surface area (Å²) in [5.74, 6) is -0.278. The average Bonchev–Trinajstić information content (AvgIpc) is 2.03. The lowest BCUT2D eigenvalue weighted by molar-refractivity contribution is 0.748. The van der Waals surface area contributed by atoms with Gasteiger partial charge in [-0.05, 0) is 47.5 Å². The van der Waals surface area contributed by atoms with Crippen LogP contribution in [0.5, 0.6) is 0 Å². The van der Waals surface area contributed by atoms with Crippen molar-refractivity contribution in [1.82, 2.24) is 4.98 Å². The Bertz CT molecular complexity index is 320. The lowest BCUT2D eigenvalue weighted by Crippen LogP contribution is -1.89. The second kappa shape index (κ2) is 3.81. The lowest BCUT2D eigenvalue weighted by Gasteiger charge is -2.01. The molecule has 0 aliphatic rings. The van der Waals surface area contributed by atoms with Crippen molar-refractivity contribution in [3.63, 3.8) is 0 Å². The van der Waals surface area contributed by atoms with Gasteiger partial charge in [-0.15, -0.1) is 0 Å². The molecule has 0 fully saturated rings. The van der Waals surface area contributed by atoms with Crippen molar-refractivity contribution in [2.75, 3.05) is 0 Å². The van der Waals surface area contributed by atoms with Gasteiger partial charge in [0.2, 0.25) is 0 Å². The molecule has 0 amide bonds. The molecule has 0 unspecified atom stereocenters. The molecule has 64 valence electrons. The van der Waals surface area contributed by atoms with Crippen LogP contribution >= 0.6 is 15.9 Å². The molecule has 1 rings (SSSR count). The second-order valence-corrected chi connectivity index (χ2v) is 3.37. The van der Waals surface area contributed by atoms with E-state index in [2.05, 4.69) is 20.9 Å². The largest absolute Gasteiger partial charge is 0.252 e. The van der Waals surface area contributed by atoms with Crippen LogP contribution in [0.2, 0.25) is 0 Å². The third-order valence-corrected chi connectivity index (χ3v) is 1.96. The molecule has 1 nitrogen and oxygen atoms in total. The molecule has 0 aromatic carbocycles. The number of rotatable bonds is 1. The van der Waals surface area contributed by atoms with Crippen LogP contribution in [0.4, 0.5) is 4.39 Å². The number of pyridine rings is 1. The zero-order valence-corrected chi connectivity index (χ0v) is 8.52. The van der Waals surface area contributed by atoms with Crippen molar-refractivity contribution in [1.29, 1.82) is 0 Å². The monoisotopic (exact) mass is 229 g/mol. The number of halogens is 2. The average molecular weight is 230 g/mol. The number of allylic oxidation sites excluding steroid dienone is 1. The zero-order chi connectivity index (χ0) is 9.14. The van der Waals surface area contributed by atoms with E-state index in [0.717, 1.165) is 10.0 Å². The molecular formula is C9H9BrFN. The van der Waals surface area contributed by atoms with Crippen molar-refractivity contribution in [2.45, 2.75) is 13.8 Å². The Morgan fingerprint density at radius 2 is 2.33 bits per heavy atom. The van der Waals surface area contributed by atoms with Crippen molar-refractivity contribution in [3.8, 4) is 0 Å². The number of hydrogen-bond acceptors (Lipinski definition) is 1. The van der Waals surface area contributed by atoms with Crippen LogP contribution in [-0.4, -0.2) is 4.98 Å². The quantitative estimate of drug-likeness (QED) is 0.719. The minimum atomic E-state index is -0.278. The first kappa shape index (κ1) is 9.39. The molecule has 0 saturated heterocycles. The highest BCUT2D eigenvalue weighted by molar-refractivity contribution is 9.10. The van der Waals surface area contributed by atoms with Gasteiger partial charge in [-0.3, -0.25) is 4.98 Å². The van der Waals surface area contributed by atoms with Gasteiger partial charge in [-0.2, -0.15) is 0 Å². The summed E-state index contributed by atoms with van der Waals surface area (Å²) >= 11 is 3.26. The summed E-state index contributed by atoms with van der Waals surface area (Å²) in [5.41, 5.74) is 1.25. The topological polar surface area (TPSA) is 12.9 Å². The van der Waals surface area contributed by atoms with Crippen molar-refractivity contribution < 1.29 is 4.39 Å². The Hall–Kier alpha value is -0.700. The van der Waals surface area contributed by atoms with Crippen LogP contribution in [0.1, 0.15) is 18.2 Å². The van der Waals surface area contributed by atoms with Gasteiger partial charge in [0, 0.05) is 10.7 Å². The molecule has 1 aromatic heterocycles. The molecule has 1 heterocycles. The summed E-state index contributed by atoms with van der Waals surface area (Å²) in [6, 6.07) is 1.84. The van der Waals surface area contributed by atoms with Crippen molar-refractivity contribution in [3.05, 3.63) is 34.1 Å². The lowest BCUT2D eigenvalue weighted by atomic mass is 10.2. The maximum absolute atomic E-state index is 13.0. The van der Waals surface area contributed by atoms with E-state index in [-0.39, 0.29) is 5.83 Å². The van der Waals surface area contributed by atoms with E-state index in [9.17, 15) is 4.39 Å². The predicted octanol–water partition coefficient (Wildman–Crippen LogP) is 3.48. The van der Waals surface area contributed by atoms with Gasteiger partial charge in [0.15, 0.2) is 0 Å². The van der Waals surface area contributed by atoms with Crippen LogP contribution in [-0.2, 0) is 0 Å². The van der Waals surface area contributed by atoms with Gasteiger partial charge in [0.1, 0.15) is 11.5 Å². The van der Waals surface area contributed by atoms with Gasteiger partial charge in [0.25, 0.3) is 0 Å². The van der Waals surface area contributed by atoms with E-state index in [1.165, 1.54) is 6.08 Å². The molecule has 0 N–H and O–H groups in total. The Kier molecular flexibility index (Phi) is 2.98. The van der Waals surface area contributed by atoms with E-state index in [0.29, 0.717) is 5.69 Å². The van der Waals surface area contributed by atoms with Gasteiger partial charge in [-0.25, -0.2) is 4.39 Å². The molecule has 1 aromatic rings. The van der Waals surface area contributed by atoms with E-state index >= 15 is 0 Å². The fraction of sp³-hybridized carbons (Fsp3) is 0.222. The standard InChI is InChI=1S/C9H9BrFN/c1-3-8(11)9-6(2)4-7(10)5-12-9/h3-5H,1-2H3/b8-3+. The van der Waals surface area contributed by atoms with E-state index in [1.807, 2.05) is 13.0 Å². The van der Waals surface area contributed by atoms with Crippen LogP contribution in [0.15, 0.2) is 22.8 Å². The third kappa shape index (κ3) is 1.91. The molecule has 12 heavy (non-hydrogen) atoms. The smallest absolute Gasteiger partial charge is 0.144 e. The van der Waals surface area contributed by atoms with Crippen molar-refractivity contribution in [2.24, 2.45) is 0 Å². The minimum Gasteiger partial charge on any atom is -0.252 e. The van der Waals surface area contributed by atoms with Crippen LogP contribution < -0.4 is 0 Å². The van der Waals surface area contributed by atoms with Crippen molar-refractivity contribution >= 4 is 21.8 Å². The summed E-state index contributed by atoms with van der Waals surface area (Å²) in [6.45, 7) is 3.48. The summed E-state index contributed by atoms with van der Waals surface area (Å²) in [6.07, 6.45) is 2.99. The number of nitrogens with zero attached hydrogens (tertiary/aromatic N) is 1. The molecule has 0 aliphatic heterocycles. The molecule has 0 bridgehead atoms. The summed E-state index contributed by atoms with van der Waals surface area (Å²) in [4.78, 5) is 3.96. The number of aromatic nitrogens is 1. The Labute approximate surface area is 79.5 Å². The first-order valence-electron chi connectivity index (χ1n) is 3.59.